The van der Waals surface area contributed by atoms with Crippen LogP contribution in [0, 0.1) is 17.8 Å². The molecule has 48 heavy (non-hydrogen) atoms. The van der Waals surface area contributed by atoms with E-state index in [0.29, 0.717) is 12.0 Å². The molecule has 8 nitrogen and oxygen atoms in total. The molecule has 2 unspecified atom stereocenters. The smallest absolute Gasteiger partial charge is 0.0808 e. The zero-order valence-electron chi connectivity index (χ0n) is 33.7. The van der Waals surface area contributed by atoms with Gasteiger partial charge in [0.25, 0.3) is 0 Å². The molecule has 4 aliphatic heterocycles. The lowest BCUT2D eigenvalue weighted by atomic mass is 10.0. The van der Waals surface area contributed by atoms with E-state index in [1.54, 1.807) is 0 Å². The van der Waals surface area contributed by atoms with Crippen LogP contribution in [0.5, 0.6) is 0 Å². The third-order valence-electron chi connectivity index (χ3n) is 8.17. The quantitative estimate of drug-likeness (QED) is 0.250. The van der Waals surface area contributed by atoms with Crippen LogP contribution in [0.1, 0.15) is 141 Å². The van der Waals surface area contributed by atoms with E-state index in [0.717, 1.165) is 117 Å². The highest BCUT2D eigenvalue weighted by Crippen LogP contribution is 2.20. The molecule has 4 fully saturated rings. The Balaban J connectivity index is 0.000000320. The van der Waals surface area contributed by atoms with Crippen molar-refractivity contribution in [2.75, 3.05) is 72.7 Å². The van der Waals surface area contributed by atoms with Crippen molar-refractivity contribution < 1.29 is 37.9 Å². The fourth-order valence-corrected chi connectivity index (χ4v) is 5.15. The first-order valence-corrected chi connectivity index (χ1v) is 19.2. The van der Waals surface area contributed by atoms with Crippen molar-refractivity contribution >= 4 is 0 Å². The summed E-state index contributed by atoms with van der Waals surface area (Å²) >= 11 is 0. The van der Waals surface area contributed by atoms with Crippen molar-refractivity contribution in [1.29, 1.82) is 0 Å². The van der Waals surface area contributed by atoms with E-state index < -0.39 is 0 Å². The maximum absolute atomic E-state index is 5.71. The van der Waals surface area contributed by atoms with Gasteiger partial charge in [0.15, 0.2) is 0 Å². The SMILES string of the molecule is CC(C)(C)OCC1CCCCO1.CC(C)(C)OCC1CCCOC1.CC(C)(C)OCC1CCOCC1.CC(C)(C)OCC1CCOCC1. The molecule has 4 heterocycles. The highest BCUT2D eigenvalue weighted by molar-refractivity contribution is 4.69. The van der Waals surface area contributed by atoms with Crippen molar-refractivity contribution in [1.82, 2.24) is 0 Å². The lowest BCUT2D eigenvalue weighted by Crippen LogP contribution is -2.30. The van der Waals surface area contributed by atoms with Crippen molar-refractivity contribution in [3.8, 4) is 0 Å². The van der Waals surface area contributed by atoms with E-state index in [2.05, 4.69) is 83.1 Å². The topological polar surface area (TPSA) is 73.8 Å². The van der Waals surface area contributed by atoms with Gasteiger partial charge in [0.1, 0.15) is 0 Å². The molecule has 288 valence electrons. The second-order valence-corrected chi connectivity index (χ2v) is 17.9. The molecule has 0 bridgehead atoms. The summed E-state index contributed by atoms with van der Waals surface area (Å²) in [5.41, 5.74) is -0.00510. The highest BCUT2D eigenvalue weighted by Gasteiger charge is 2.21. The van der Waals surface area contributed by atoms with Crippen LogP contribution >= 0.6 is 0 Å². The first-order valence-electron chi connectivity index (χ1n) is 19.2. The Hall–Kier alpha value is -0.320. The normalized spacial score (nSPS) is 23.5. The second kappa shape index (κ2) is 24.0. The molecule has 0 N–H and O–H groups in total. The third kappa shape index (κ3) is 29.4. The van der Waals surface area contributed by atoms with Crippen molar-refractivity contribution in [2.24, 2.45) is 17.8 Å². The van der Waals surface area contributed by atoms with Gasteiger partial charge in [-0.2, -0.15) is 0 Å². The Morgan fingerprint density at radius 2 is 0.812 bits per heavy atom. The molecule has 0 saturated carbocycles. The summed E-state index contributed by atoms with van der Waals surface area (Å²) < 4.78 is 44.2. The van der Waals surface area contributed by atoms with Gasteiger partial charge in [0.05, 0.1) is 61.5 Å². The van der Waals surface area contributed by atoms with E-state index in [9.17, 15) is 0 Å². The Kier molecular flexibility index (Phi) is 22.9. The summed E-state index contributed by atoms with van der Waals surface area (Å²) in [5, 5.41) is 0. The monoisotopic (exact) mass is 689 g/mol. The predicted molar refractivity (Wildman–Crippen MR) is 197 cm³/mol. The average Bonchev–Trinajstić information content (AvgIpc) is 3.03. The lowest BCUT2D eigenvalue weighted by Gasteiger charge is -2.27. The summed E-state index contributed by atoms with van der Waals surface area (Å²) in [6.45, 7) is 34.9. The first kappa shape index (κ1) is 45.7. The van der Waals surface area contributed by atoms with Crippen LogP contribution in [-0.4, -0.2) is 101 Å². The van der Waals surface area contributed by atoms with Crippen molar-refractivity contribution in [2.45, 2.75) is 169 Å². The average molecular weight is 689 g/mol. The fourth-order valence-electron chi connectivity index (χ4n) is 5.15. The first-order chi connectivity index (χ1) is 22.3. The molecule has 0 spiro atoms. The molecule has 0 aliphatic carbocycles. The molecular formula is C40H80O8. The summed E-state index contributed by atoms with van der Waals surface area (Å²) in [4.78, 5) is 0. The molecule has 4 aliphatic rings. The Morgan fingerprint density at radius 1 is 0.396 bits per heavy atom. The minimum atomic E-state index is -0.0270. The molecule has 4 saturated heterocycles. The van der Waals surface area contributed by atoms with Crippen LogP contribution in [0.4, 0.5) is 0 Å². The minimum Gasteiger partial charge on any atom is -0.381 e. The Bertz CT molecular complexity index is 609. The number of rotatable bonds is 8. The van der Waals surface area contributed by atoms with Crippen LogP contribution in [0.2, 0.25) is 0 Å². The van der Waals surface area contributed by atoms with Crippen LogP contribution in [0.15, 0.2) is 0 Å². The zero-order chi connectivity index (χ0) is 36.1. The van der Waals surface area contributed by atoms with Crippen LogP contribution < -0.4 is 0 Å². The maximum Gasteiger partial charge on any atom is 0.0808 e. The highest BCUT2D eigenvalue weighted by atomic mass is 16.5. The maximum atomic E-state index is 5.71. The number of hydrogen-bond donors (Lipinski definition) is 0. The van der Waals surface area contributed by atoms with Crippen molar-refractivity contribution in [3.05, 3.63) is 0 Å². The molecule has 0 amide bonds. The molecule has 0 radical (unpaired) electrons. The lowest BCUT2D eigenvalue weighted by molar-refractivity contribution is -0.0862. The second-order valence-electron chi connectivity index (χ2n) is 17.9. The van der Waals surface area contributed by atoms with Crippen LogP contribution in [0.25, 0.3) is 0 Å². The number of ether oxygens (including phenoxy) is 8. The molecule has 0 aromatic heterocycles. The van der Waals surface area contributed by atoms with Gasteiger partial charge in [-0.1, -0.05) is 0 Å². The van der Waals surface area contributed by atoms with Gasteiger partial charge in [-0.3, -0.25) is 0 Å². The molecule has 2 atom stereocenters. The molecule has 0 aromatic rings. The van der Waals surface area contributed by atoms with Gasteiger partial charge in [0.2, 0.25) is 0 Å². The molecule has 4 rings (SSSR count). The van der Waals surface area contributed by atoms with Crippen LogP contribution in [0.3, 0.4) is 0 Å². The molecule has 0 aromatic carbocycles. The van der Waals surface area contributed by atoms with E-state index in [4.69, 9.17) is 37.9 Å². The standard InChI is InChI=1S/4C10H20O2/c2*1-10(2,3)12-8-9-4-6-11-7-5-9;1-10(2,3)12-8-9-5-4-6-11-7-9;1-10(2,3)12-8-9-6-4-5-7-11-9/h4*9H,4-8H2,1-3H3. The van der Waals surface area contributed by atoms with Gasteiger partial charge in [-0.15, -0.1) is 0 Å². The third-order valence-corrected chi connectivity index (χ3v) is 8.17. The number of hydrogen-bond acceptors (Lipinski definition) is 8. The van der Waals surface area contributed by atoms with Gasteiger partial charge in [-0.05, 0) is 153 Å². The summed E-state index contributed by atoms with van der Waals surface area (Å²) in [6.07, 6.45) is 11.1. The van der Waals surface area contributed by atoms with E-state index in [1.165, 1.54) is 25.7 Å². The molecular weight excluding hydrogens is 608 g/mol. The van der Waals surface area contributed by atoms with E-state index in [-0.39, 0.29) is 22.4 Å². The van der Waals surface area contributed by atoms with Gasteiger partial charge in [-0.25, -0.2) is 0 Å². The fraction of sp³-hybridized carbons (Fsp3) is 1.00. The predicted octanol–water partition coefficient (Wildman–Crippen LogP) is 9.05. The Morgan fingerprint density at radius 3 is 1.17 bits per heavy atom. The zero-order valence-corrected chi connectivity index (χ0v) is 33.7. The van der Waals surface area contributed by atoms with E-state index in [1.807, 2.05) is 0 Å². The largest absolute Gasteiger partial charge is 0.381 e. The van der Waals surface area contributed by atoms with E-state index >= 15 is 0 Å². The van der Waals surface area contributed by atoms with Crippen molar-refractivity contribution in [3.63, 3.8) is 0 Å². The van der Waals surface area contributed by atoms with Crippen LogP contribution in [-0.2, 0) is 37.9 Å². The van der Waals surface area contributed by atoms with Gasteiger partial charge < -0.3 is 37.9 Å². The summed E-state index contributed by atoms with van der Waals surface area (Å²) in [5.74, 6) is 2.06. The summed E-state index contributed by atoms with van der Waals surface area (Å²) in [6, 6.07) is 0. The molecule has 8 heteroatoms. The van der Waals surface area contributed by atoms with Gasteiger partial charge >= 0.3 is 0 Å². The Labute approximate surface area is 297 Å². The summed E-state index contributed by atoms with van der Waals surface area (Å²) in [7, 11) is 0. The minimum absolute atomic E-state index is 0.00253. The van der Waals surface area contributed by atoms with Gasteiger partial charge in [0, 0.05) is 45.6 Å².